The Kier molecular flexibility index (Phi) is 10.4. The van der Waals surface area contributed by atoms with E-state index in [4.69, 9.17) is 14.2 Å². The molecule has 4 heteroatoms. The maximum Gasteiger partial charge on any atom is 0.109 e. The summed E-state index contributed by atoms with van der Waals surface area (Å²) < 4.78 is 17.3. The molecule has 4 nitrogen and oxygen atoms in total. The second kappa shape index (κ2) is 12.8. The number of hydrogen-bond acceptors (Lipinski definition) is 4. The molecule has 0 aromatic heterocycles. The highest BCUT2D eigenvalue weighted by molar-refractivity contribution is 5.82. The molecule has 0 aliphatic heterocycles. The molecule has 2 atom stereocenters. The van der Waals surface area contributed by atoms with Crippen molar-refractivity contribution in [3.8, 4) is 0 Å². The molecule has 2 rings (SSSR count). The van der Waals surface area contributed by atoms with E-state index in [0.29, 0.717) is 26.4 Å². The van der Waals surface area contributed by atoms with Crippen molar-refractivity contribution in [2.45, 2.75) is 58.3 Å². The van der Waals surface area contributed by atoms with Gasteiger partial charge in [0.1, 0.15) is 12.2 Å². The highest BCUT2D eigenvalue weighted by Crippen LogP contribution is 2.16. The lowest BCUT2D eigenvalue weighted by Gasteiger charge is -2.23. The van der Waals surface area contributed by atoms with Gasteiger partial charge in [-0.2, -0.15) is 0 Å². The molecule has 150 valence electrons. The maximum atomic E-state index is 10.4. The van der Waals surface area contributed by atoms with Crippen LogP contribution in [0, 0.1) is 0 Å². The quantitative estimate of drug-likeness (QED) is 0.486. The van der Waals surface area contributed by atoms with Gasteiger partial charge in [0.15, 0.2) is 0 Å². The van der Waals surface area contributed by atoms with Crippen LogP contribution in [-0.4, -0.2) is 43.7 Å². The van der Waals surface area contributed by atoms with Crippen molar-refractivity contribution in [3.05, 3.63) is 48.0 Å². The average molecular weight is 375 g/mol. The third-order valence-electron chi connectivity index (χ3n) is 4.55. The second-order valence-electron chi connectivity index (χ2n) is 6.96. The van der Waals surface area contributed by atoms with Crippen LogP contribution < -0.4 is 0 Å². The van der Waals surface area contributed by atoms with Crippen molar-refractivity contribution in [1.29, 1.82) is 0 Å². The second-order valence-corrected chi connectivity index (χ2v) is 6.96. The standard InChI is InChI=1S/C23H34O4/c1-3-5-13-25-17-22(24)23(27-14-6-4-2)18-26-16-19-11-12-20-9-7-8-10-21(20)15-19/h7-12,15,22-24H,3-6,13-14,16-18H2,1-2H3/t22?,23-/m0/s1. The molecule has 0 spiro atoms. The van der Waals surface area contributed by atoms with Crippen molar-refractivity contribution in [2.75, 3.05) is 26.4 Å². The fraction of sp³-hybridized carbons (Fsp3) is 0.565. The lowest BCUT2D eigenvalue weighted by Crippen LogP contribution is -2.37. The van der Waals surface area contributed by atoms with Gasteiger partial charge in [-0.25, -0.2) is 0 Å². The third kappa shape index (κ3) is 7.97. The molecule has 0 saturated heterocycles. The summed E-state index contributed by atoms with van der Waals surface area (Å²) in [5.41, 5.74) is 1.12. The van der Waals surface area contributed by atoms with Gasteiger partial charge in [-0.15, -0.1) is 0 Å². The first-order valence-electron chi connectivity index (χ1n) is 10.2. The number of unbranched alkanes of at least 4 members (excludes halogenated alkanes) is 2. The molecule has 0 amide bonds. The summed E-state index contributed by atoms with van der Waals surface area (Å²) in [6.45, 7) is 6.70. The minimum absolute atomic E-state index is 0.288. The van der Waals surface area contributed by atoms with Gasteiger partial charge in [0.2, 0.25) is 0 Å². The summed E-state index contributed by atoms with van der Waals surface area (Å²) in [5, 5.41) is 12.8. The SMILES string of the molecule is CCCCOCC(O)[C@H](COCc1ccc2ccccc2c1)OCCCC. The molecule has 0 saturated carbocycles. The van der Waals surface area contributed by atoms with Gasteiger partial charge in [0, 0.05) is 13.2 Å². The van der Waals surface area contributed by atoms with Crippen molar-refractivity contribution in [2.24, 2.45) is 0 Å². The number of aliphatic hydroxyl groups is 1. The highest BCUT2D eigenvalue weighted by Gasteiger charge is 2.20. The maximum absolute atomic E-state index is 10.4. The molecule has 0 bridgehead atoms. The number of rotatable bonds is 14. The van der Waals surface area contributed by atoms with E-state index in [9.17, 15) is 5.11 Å². The summed E-state index contributed by atoms with van der Waals surface area (Å²) in [4.78, 5) is 0. The lowest BCUT2D eigenvalue weighted by molar-refractivity contribution is -0.105. The van der Waals surface area contributed by atoms with Crippen LogP contribution >= 0.6 is 0 Å². The minimum Gasteiger partial charge on any atom is -0.388 e. The molecule has 2 aromatic carbocycles. The minimum atomic E-state index is -0.671. The fourth-order valence-electron chi connectivity index (χ4n) is 2.83. The Labute approximate surface area is 163 Å². The molecular formula is C23H34O4. The number of fused-ring (bicyclic) bond motifs is 1. The van der Waals surface area contributed by atoms with Crippen LogP contribution in [0.3, 0.4) is 0 Å². The van der Waals surface area contributed by atoms with E-state index >= 15 is 0 Å². The van der Waals surface area contributed by atoms with Gasteiger partial charge < -0.3 is 19.3 Å². The first-order chi connectivity index (χ1) is 13.2. The first kappa shape index (κ1) is 21.8. The smallest absolute Gasteiger partial charge is 0.109 e. The molecule has 0 fully saturated rings. The van der Waals surface area contributed by atoms with E-state index in [1.54, 1.807) is 0 Å². The van der Waals surface area contributed by atoms with E-state index < -0.39 is 6.10 Å². The third-order valence-corrected chi connectivity index (χ3v) is 4.55. The van der Waals surface area contributed by atoms with E-state index in [-0.39, 0.29) is 12.7 Å². The van der Waals surface area contributed by atoms with E-state index in [2.05, 4.69) is 44.2 Å². The Bertz CT molecular complexity index is 643. The molecule has 0 aliphatic rings. The highest BCUT2D eigenvalue weighted by atomic mass is 16.5. The number of benzene rings is 2. The van der Waals surface area contributed by atoms with Crippen LogP contribution in [0.15, 0.2) is 42.5 Å². The Morgan fingerprint density at radius 1 is 0.852 bits per heavy atom. The van der Waals surface area contributed by atoms with Gasteiger partial charge >= 0.3 is 0 Å². The fourth-order valence-corrected chi connectivity index (χ4v) is 2.83. The zero-order valence-corrected chi connectivity index (χ0v) is 16.7. The largest absolute Gasteiger partial charge is 0.388 e. The molecule has 1 unspecified atom stereocenters. The molecule has 1 N–H and O–H groups in total. The first-order valence-corrected chi connectivity index (χ1v) is 10.2. The number of aliphatic hydroxyl groups excluding tert-OH is 1. The van der Waals surface area contributed by atoms with Crippen LogP contribution in [0.2, 0.25) is 0 Å². The predicted octanol–water partition coefficient (Wildman–Crippen LogP) is 4.72. The van der Waals surface area contributed by atoms with Crippen LogP contribution in [0.5, 0.6) is 0 Å². The van der Waals surface area contributed by atoms with E-state index in [1.165, 1.54) is 10.8 Å². The molecule has 2 aromatic rings. The zero-order valence-electron chi connectivity index (χ0n) is 16.7. The van der Waals surface area contributed by atoms with Gasteiger partial charge in [-0.3, -0.25) is 0 Å². The van der Waals surface area contributed by atoms with Crippen LogP contribution in [0.25, 0.3) is 10.8 Å². The monoisotopic (exact) mass is 374 g/mol. The van der Waals surface area contributed by atoms with Crippen molar-refractivity contribution < 1.29 is 19.3 Å². The Morgan fingerprint density at radius 3 is 2.37 bits per heavy atom. The molecule has 0 radical (unpaired) electrons. The molecule has 0 heterocycles. The van der Waals surface area contributed by atoms with Crippen LogP contribution in [-0.2, 0) is 20.8 Å². The lowest BCUT2D eigenvalue weighted by atomic mass is 10.1. The number of ether oxygens (including phenoxy) is 3. The van der Waals surface area contributed by atoms with E-state index in [0.717, 1.165) is 31.2 Å². The Morgan fingerprint density at radius 2 is 1.59 bits per heavy atom. The van der Waals surface area contributed by atoms with Crippen LogP contribution in [0.4, 0.5) is 0 Å². The molecule has 27 heavy (non-hydrogen) atoms. The summed E-state index contributed by atoms with van der Waals surface area (Å²) in [5.74, 6) is 0. The summed E-state index contributed by atoms with van der Waals surface area (Å²) in [7, 11) is 0. The van der Waals surface area contributed by atoms with Crippen molar-refractivity contribution in [3.63, 3.8) is 0 Å². The Hall–Kier alpha value is -1.46. The molecule has 0 aliphatic carbocycles. The van der Waals surface area contributed by atoms with Crippen molar-refractivity contribution >= 4 is 10.8 Å². The normalized spacial score (nSPS) is 13.7. The van der Waals surface area contributed by atoms with Gasteiger partial charge in [0.25, 0.3) is 0 Å². The van der Waals surface area contributed by atoms with Gasteiger partial charge in [0.05, 0.1) is 19.8 Å². The molecular weight excluding hydrogens is 340 g/mol. The topological polar surface area (TPSA) is 47.9 Å². The van der Waals surface area contributed by atoms with E-state index in [1.807, 2.05) is 12.1 Å². The van der Waals surface area contributed by atoms with Gasteiger partial charge in [-0.1, -0.05) is 63.1 Å². The summed E-state index contributed by atoms with van der Waals surface area (Å²) in [6, 6.07) is 14.6. The van der Waals surface area contributed by atoms with Crippen molar-refractivity contribution in [1.82, 2.24) is 0 Å². The summed E-state index contributed by atoms with van der Waals surface area (Å²) >= 11 is 0. The zero-order chi connectivity index (χ0) is 19.3. The number of hydrogen-bond donors (Lipinski definition) is 1. The summed E-state index contributed by atoms with van der Waals surface area (Å²) in [6.07, 6.45) is 3.10. The predicted molar refractivity (Wildman–Crippen MR) is 110 cm³/mol. The average Bonchev–Trinajstić information content (AvgIpc) is 2.70. The van der Waals surface area contributed by atoms with Crippen LogP contribution in [0.1, 0.15) is 45.1 Å². The Balaban J connectivity index is 1.83. The van der Waals surface area contributed by atoms with Gasteiger partial charge in [-0.05, 0) is 35.2 Å².